The van der Waals surface area contributed by atoms with Crippen LogP contribution in [0.3, 0.4) is 0 Å². The minimum absolute atomic E-state index is 0.0203. The first-order valence-electron chi connectivity index (χ1n) is 12.8. The van der Waals surface area contributed by atoms with Crippen LogP contribution >= 0.6 is 0 Å². The Labute approximate surface area is 187 Å². The number of nitrogens with one attached hydrogen (secondary N) is 2. The zero-order valence-electron chi connectivity index (χ0n) is 19.4. The Morgan fingerprint density at radius 3 is 2.52 bits per heavy atom. The fourth-order valence-corrected chi connectivity index (χ4v) is 7.76. The summed E-state index contributed by atoms with van der Waals surface area (Å²) in [7, 11) is 1.77. The first-order chi connectivity index (χ1) is 15.1. The molecule has 4 fully saturated rings. The van der Waals surface area contributed by atoms with E-state index in [4.69, 9.17) is 4.74 Å². The summed E-state index contributed by atoms with van der Waals surface area (Å²) in [5.41, 5.74) is 2.79. The van der Waals surface area contributed by atoms with Gasteiger partial charge in [-0.25, -0.2) is 0 Å². The van der Waals surface area contributed by atoms with E-state index in [9.17, 15) is 4.79 Å². The third-order valence-corrected chi connectivity index (χ3v) is 8.93. The van der Waals surface area contributed by atoms with Gasteiger partial charge in [0.1, 0.15) is 5.75 Å². The van der Waals surface area contributed by atoms with E-state index in [1.807, 2.05) is 0 Å². The largest absolute Gasteiger partial charge is 0.496 e. The van der Waals surface area contributed by atoms with E-state index >= 15 is 0 Å². The van der Waals surface area contributed by atoms with Gasteiger partial charge in [0.2, 0.25) is 5.91 Å². The average molecular weight is 425 g/mol. The quantitative estimate of drug-likeness (QED) is 0.639. The second-order valence-corrected chi connectivity index (χ2v) is 11.1. The second-order valence-electron chi connectivity index (χ2n) is 11.1. The number of benzene rings is 1. The summed E-state index contributed by atoms with van der Waals surface area (Å²) in [6, 6.07) is 7.38. The number of amides is 1. The number of fused-ring (bicyclic) bond motifs is 1. The van der Waals surface area contributed by atoms with E-state index < -0.39 is 0 Å². The minimum atomic E-state index is -0.0203. The van der Waals surface area contributed by atoms with Gasteiger partial charge in [-0.15, -0.1) is 0 Å². The molecule has 1 aromatic carbocycles. The lowest BCUT2D eigenvalue weighted by molar-refractivity contribution is -0.146. The topological polar surface area (TPSA) is 50.4 Å². The molecule has 0 aliphatic heterocycles. The predicted octanol–water partition coefficient (Wildman–Crippen LogP) is 4.64. The summed E-state index contributed by atoms with van der Waals surface area (Å²) in [6.07, 6.45) is 13.1. The summed E-state index contributed by atoms with van der Waals surface area (Å²) < 4.78 is 5.61. The smallest absolute Gasteiger partial charge is 0.226 e. The molecule has 0 heterocycles. The van der Waals surface area contributed by atoms with E-state index in [0.29, 0.717) is 18.0 Å². The summed E-state index contributed by atoms with van der Waals surface area (Å²) in [5.74, 6) is 3.88. The van der Waals surface area contributed by atoms with Gasteiger partial charge in [0, 0.05) is 24.0 Å². The third kappa shape index (κ3) is 4.25. The van der Waals surface area contributed by atoms with Crippen LogP contribution in [0.5, 0.6) is 5.75 Å². The van der Waals surface area contributed by atoms with Crippen LogP contribution < -0.4 is 15.4 Å². The van der Waals surface area contributed by atoms with Crippen LogP contribution in [0.25, 0.3) is 0 Å². The molecule has 5 aliphatic rings. The van der Waals surface area contributed by atoms with Crippen LogP contribution in [0.2, 0.25) is 0 Å². The highest BCUT2D eigenvalue weighted by Crippen LogP contribution is 2.60. The maximum atomic E-state index is 13.2. The van der Waals surface area contributed by atoms with Crippen molar-refractivity contribution in [1.82, 2.24) is 10.6 Å². The van der Waals surface area contributed by atoms with Crippen molar-refractivity contribution in [3.8, 4) is 5.75 Å². The van der Waals surface area contributed by atoms with Gasteiger partial charge >= 0.3 is 0 Å². The zero-order valence-corrected chi connectivity index (χ0v) is 19.4. The van der Waals surface area contributed by atoms with Gasteiger partial charge in [0.05, 0.1) is 7.11 Å². The van der Waals surface area contributed by atoms with Crippen molar-refractivity contribution in [2.75, 3.05) is 13.7 Å². The molecule has 2 N–H and O–H groups in total. The highest BCUT2D eigenvalue weighted by atomic mass is 16.5. The maximum Gasteiger partial charge on any atom is 0.226 e. The standard InChI is InChI=1S/C27H40N2O2/c1-3-22(29-23-8-7-21-5-4-6-25(31-2)24(21)14-23)9-10-28-26(30)27-15-18-11-19(16-27)13-20(12-18)17-27/h4-6,18-20,22-23,29H,3,7-17H2,1-2H3,(H,28,30). The summed E-state index contributed by atoms with van der Waals surface area (Å²) >= 11 is 0. The maximum absolute atomic E-state index is 13.2. The first kappa shape index (κ1) is 21.3. The normalized spacial score (nSPS) is 34.3. The molecular formula is C27H40N2O2. The summed E-state index contributed by atoms with van der Waals surface area (Å²) in [6.45, 7) is 3.06. The number of ether oxygens (including phenoxy) is 1. The van der Waals surface area contributed by atoms with Crippen LogP contribution in [0.1, 0.15) is 75.8 Å². The van der Waals surface area contributed by atoms with Crippen molar-refractivity contribution in [3.63, 3.8) is 0 Å². The van der Waals surface area contributed by atoms with Gasteiger partial charge in [-0.3, -0.25) is 4.79 Å². The van der Waals surface area contributed by atoms with Crippen LogP contribution in [-0.4, -0.2) is 31.6 Å². The molecule has 0 spiro atoms. The fraction of sp³-hybridized carbons (Fsp3) is 0.741. The Morgan fingerprint density at radius 1 is 1.16 bits per heavy atom. The van der Waals surface area contributed by atoms with Gasteiger partial charge in [-0.05, 0) is 106 Å². The van der Waals surface area contributed by atoms with E-state index in [-0.39, 0.29) is 5.41 Å². The molecule has 4 nitrogen and oxygen atoms in total. The number of aryl methyl sites for hydroxylation is 1. The number of hydrogen-bond donors (Lipinski definition) is 2. The lowest BCUT2D eigenvalue weighted by Gasteiger charge is -2.55. The number of rotatable bonds is 8. The molecule has 1 aromatic rings. The van der Waals surface area contributed by atoms with E-state index in [0.717, 1.165) is 75.0 Å². The highest BCUT2D eigenvalue weighted by molar-refractivity contribution is 5.83. The third-order valence-electron chi connectivity index (χ3n) is 8.93. The molecule has 0 aromatic heterocycles. The molecule has 0 saturated heterocycles. The molecule has 2 unspecified atom stereocenters. The Morgan fingerprint density at radius 2 is 1.87 bits per heavy atom. The number of methoxy groups -OCH3 is 1. The zero-order chi connectivity index (χ0) is 21.4. The van der Waals surface area contributed by atoms with Crippen LogP contribution in [0.4, 0.5) is 0 Å². The highest BCUT2D eigenvalue weighted by Gasteiger charge is 2.54. The van der Waals surface area contributed by atoms with Crippen molar-refractivity contribution in [2.24, 2.45) is 23.2 Å². The van der Waals surface area contributed by atoms with Crippen molar-refractivity contribution < 1.29 is 9.53 Å². The van der Waals surface area contributed by atoms with E-state index in [1.165, 1.54) is 36.8 Å². The molecule has 31 heavy (non-hydrogen) atoms. The fourth-order valence-electron chi connectivity index (χ4n) is 7.76. The summed E-state index contributed by atoms with van der Waals surface area (Å²) in [4.78, 5) is 13.2. The minimum Gasteiger partial charge on any atom is -0.496 e. The molecule has 4 bridgehead atoms. The van der Waals surface area contributed by atoms with E-state index in [1.54, 1.807) is 7.11 Å². The SMILES string of the molecule is CCC(CCNC(=O)C12CC3CC(CC(C3)C1)C2)NC1CCc2cccc(OC)c2C1. The van der Waals surface area contributed by atoms with Gasteiger partial charge in [0.25, 0.3) is 0 Å². The molecule has 170 valence electrons. The molecule has 0 radical (unpaired) electrons. The lowest BCUT2D eigenvalue weighted by atomic mass is 9.49. The number of hydrogen-bond acceptors (Lipinski definition) is 3. The molecule has 2 atom stereocenters. The van der Waals surface area contributed by atoms with E-state index in [2.05, 4.69) is 35.8 Å². The number of carbonyl (C=O) groups excluding carboxylic acids is 1. The average Bonchev–Trinajstić information content (AvgIpc) is 2.77. The molecular weight excluding hydrogens is 384 g/mol. The van der Waals surface area contributed by atoms with Crippen molar-refractivity contribution in [1.29, 1.82) is 0 Å². The number of carbonyl (C=O) groups is 1. The lowest BCUT2D eigenvalue weighted by Crippen LogP contribution is -2.54. The first-order valence-corrected chi connectivity index (χ1v) is 12.8. The van der Waals surface area contributed by atoms with Crippen LogP contribution in [0, 0.1) is 23.2 Å². The van der Waals surface area contributed by atoms with Gasteiger partial charge in [0.15, 0.2) is 0 Å². The Balaban J connectivity index is 1.12. The second kappa shape index (κ2) is 8.77. The molecule has 5 aliphatic carbocycles. The monoisotopic (exact) mass is 424 g/mol. The van der Waals surface area contributed by atoms with Crippen LogP contribution in [0.15, 0.2) is 18.2 Å². The Kier molecular flexibility index (Phi) is 6.02. The van der Waals surface area contributed by atoms with Gasteiger partial charge in [-0.2, -0.15) is 0 Å². The molecule has 6 rings (SSSR count). The predicted molar refractivity (Wildman–Crippen MR) is 124 cm³/mol. The molecule has 4 heteroatoms. The molecule has 4 saturated carbocycles. The van der Waals surface area contributed by atoms with Crippen molar-refractivity contribution in [2.45, 2.75) is 89.6 Å². The van der Waals surface area contributed by atoms with Crippen molar-refractivity contribution >= 4 is 5.91 Å². The molecule has 1 amide bonds. The van der Waals surface area contributed by atoms with Crippen LogP contribution in [-0.2, 0) is 17.6 Å². The Bertz CT molecular complexity index is 755. The van der Waals surface area contributed by atoms with Gasteiger partial charge < -0.3 is 15.4 Å². The van der Waals surface area contributed by atoms with Crippen molar-refractivity contribution in [3.05, 3.63) is 29.3 Å². The Hall–Kier alpha value is -1.55. The summed E-state index contributed by atoms with van der Waals surface area (Å²) in [5, 5.41) is 7.28. The van der Waals surface area contributed by atoms with Gasteiger partial charge in [-0.1, -0.05) is 19.1 Å².